The van der Waals surface area contributed by atoms with Crippen molar-refractivity contribution in [1.29, 1.82) is 0 Å². The number of rotatable bonds is 5. The molecule has 0 radical (unpaired) electrons. The van der Waals surface area contributed by atoms with Crippen LogP contribution in [0.25, 0.3) is 33.1 Å². The van der Waals surface area contributed by atoms with Crippen LogP contribution in [0.4, 0.5) is 5.82 Å². The number of nitrogens with two attached hydrogens (primary N) is 1. The van der Waals surface area contributed by atoms with Gasteiger partial charge in [-0.05, 0) is 26.0 Å². The fourth-order valence-electron chi connectivity index (χ4n) is 3.11. The Morgan fingerprint density at radius 1 is 1.32 bits per heavy atom. The summed E-state index contributed by atoms with van der Waals surface area (Å²) in [5.41, 5.74) is 8.56. The Morgan fingerprint density at radius 2 is 2.14 bits per heavy atom. The van der Waals surface area contributed by atoms with Crippen molar-refractivity contribution in [3.63, 3.8) is 0 Å². The number of H-pyrrole nitrogens is 1. The lowest BCUT2D eigenvalue weighted by Gasteiger charge is -2.23. The molecule has 0 aliphatic heterocycles. The molecule has 28 heavy (non-hydrogen) atoms. The van der Waals surface area contributed by atoms with Gasteiger partial charge < -0.3 is 16.2 Å². The number of hydrogen-bond donors (Lipinski definition) is 4. The minimum atomic E-state index is -0.694. The van der Waals surface area contributed by atoms with Gasteiger partial charge in [0.25, 0.3) is 0 Å². The second-order valence-electron chi connectivity index (χ2n) is 7.38. The number of aliphatic hydroxyl groups is 1. The van der Waals surface area contributed by atoms with E-state index < -0.39 is 5.54 Å². The first-order valence-corrected chi connectivity index (χ1v) is 8.84. The smallest absolute Gasteiger partial charge is 0.242 e. The van der Waals surface area contributed by atoms with Crippen molar-refractivity contribution >= 4 is 33.5 Å². The zero-order chi connectivity index (χ0) is 19.9. The van der Waals surface area contributed by atoms with Crippen LogP contribution in [0.3, 0.4) is 0 Å². The van der Waals surface area contributed by atoms with Crippen molar-refractivity contribution in [3.05, 3.63) is 36.7 Å². The highest BCUT2D eigenvalue weighted by molar-refractivity contribution is 6.08. The average Bonchev–Trinajstić information content (AvgIpc) is 3.31. The third-order valence-electron chi connectivity index (χ3n) is 4.52. The van der Waals surface area contributed by atoms with Crippen LogP contribution in [-0.4, -0.2) is 48.1 Å². The largest absolute Gasteiger partial charge is 0.394 e. The Balaban J connectivity index is 1.71. The van der Waals surface area contributed by atoms with E-state index in [-0.39, 0.29) is 19.1 Å². The molecule has 0 fully saturated rings. The van der Waals surface area contributed by atoms with Crippen LogP contribution in [-0.2, 0) is 11.3 Å². The van der Waals surface area contributed by atoms with Crippen LogP contribution < -0.4 is 11.1 Å². The number of fused-ring (bicyclic) bond motifs is 3. The van der Waals surface area contributed by atoms with Gasteiger partial charge in [0.1, 0.15) is 12.1 Å². The Bertz CT molecular complexity index is 1160. The summed E-state index contributed by atoms with van der Waals surface area (Å²) in [7, 11) is 0. The highest BCUT2D eigenvalue weighted by Crippen LogP contribution is 2.29. The summed E-state index contributed by atoms with van der Waals surface area (Å²) >= 11 is 0. The van der Waals surface area contributed by atoms with Gasteiger partial charge in [-0.15, -0.1) is 0 Å². The number of carbonyl (C=O) groups excluding carboxylic acids is 1. The first-order valence-electron chi connectivity index (χ1n) is 8.84. The van der Waals surface area contributed by atoms with Gasteiger partial charge in [-0.25, -0.2) is 4.98 Å². The molecule has 1 amide bonds. The fourth-order valence-corrected chi connectivity index (χ4v) is 3.11. The highest BCUT2D eigenvalue weighted by Gasteiger charge is 2.20. The minimum absolute atomic E-state index is 0.0191. The minimum Gasteiger partial charge on any atom is -0.394 e. The van der Waals surface area contributed by atoms with Gasteiger partial charge in [0.05, 0.1) is 23.4 Å². The summed E-state index contributed by atoms with van der Waals surface area (Å²) in [6, 6.07) is 7.75. The lowest BCUT2D eigenvalue weighted by molar-refractivity contribution is -0.123. The number of benzene rings is 1. The van der Waals surface area contributed by atoms with E-state index in [2.05, 4.69) is 25.6 Å². The quantitative estimate of drug-likeness (QED) is 0.414. The van der Waals surface area contributed by atoms with Gasteiger partial charge in [0, 0.05) is 28.7 Å². The van der Waals surface area contributed by atoms with Crippen molar-refractivity contribution in [1.82, 2.24) is 30.3 Å². The summed E-state index contributed by atoms with van der Waals surface area (Å²) in [5.74, 6) is 0.0586. The molecule has 0 unspecified atom stereocenters. The van der Waals surface area contributed by atoms with Crippen LogP contribution in [0.1, 0.15) is 13.8 Å². The average molecular weight is 379 g/mol. The van der Waals surface area contributed by atoms with Gasteiger partial charge in [0.2, 0.25) is 5.91 Å². The maximum atomic E-state index is 12.2. The van der Waals surface area contributed by atoms with Crippen molar-refractivity contribution in [2.45, 2.75) is 25.9 Å². The van der Waals surface area contributed by atoms with Crippen molar-refractivity contribution in [2.75, 3.05) is 12.3 Å². The van der Waals surface area contributed by atoms with E-state index in [1.807, 2.05) is 24.3 Å². The molecule has 0 spiro atoms. The molecule has 0 aliphatic carbocycles. The van der Waals surface area contributed by atoms with Crippen molar-refractivity contribution in [2.24, 2.45) is 0 Å². The molecule has 5 N–H and O–H groups in total. The van der Waals surface area contributed by atoms with E-state index in [1.165, 1.54) is 4.68 Å². The zero-order valence-electron chi connectivity index (χ0n) is 15.6. The number of nitrogen functional groups attached to an aromatic ring is 1. The lowest BCUT2D eigenvalue weighted by atomic mass is 10.1. The third-order valence-corrected chi connectivity index (χ3v) is 4.52. The number of amides is 1. The number of nitrogens with zero attached hydrogens (tertiary/aromatic N) is 4. The summed E-state index contributed by atoms with van der Waals surface area (Å²) in [5, 5.41) is 25.1. The van der Waals surface area contributed by atoms with E-state index in [1.54, 1.807) is 26.2 Å². The number of nitrogens with one attached hydrogen (secondary N) is 2. The molecular formula is C19H21N7O2. The van der Waals surface area contributed by atoms with Crippen LogP contribution in [0.15, 0.2) is 36.7 Å². The summed E-state index contributed by atoms with van der Waals surface area (Å²) in [6.07, 6.45) is 3.48. The first kappa shape index (κ1) is 17.9. The van der Waals surface area contributed by atoms with Gasteiger partial charge >= 0.3 is 0 Å². The molecule has 1 aromatic carbocycles. The van der Waals surface area contributed by atoms with E-state index >= 15 is 0 Å². The molecular weight excluding hydrogens is 358 g/mol. The Kier molecular flexibility index (Phi) is 4.23. The number of carbonyl (C=O) groups is 1. The predicted molar refractivity (Wildman–Crippen MR) is 106 cm³/mol. The third kappa shape index (κ3) is 3.27. The Hall–Kier alpha value is -3.46. The van der Waals surface area contributed by atoms with Gasteiger partial charge in [-0.1, -0.05) is 12.1 Å². The van der Waals surface area contributed by atoms with Crippen LogP contribution in [0, 0.1) is 0 Å². The second-order valence-corrected chi connectivity index (χ2v) is 7.38. The van der Waals surface area contributed by atoms with E-state index in [4.69, 9.17) is 5.73 Å². The second kappa shape index (κ2) is 6.61. The normalized spacial score (nSPS) is 12.0. The molecule has 4 rings (SSSR count). The van der Waals surface area contributed by atoms with Gasteiger partial charge in [0.15, 0.2) is 5.82 Å². The molecule has 3 heterocycles. The molecule has 0 saturated carbocycles. The molecule has 9 nitrogen and oxygen atoms in total. The summed E-state index contributed by atoms with van der Waals surface area (Å²) in [6.45, 7) is 3.36. The number of aromatic amines is 1. The molecule has 3 aromatic heterocycles. The van der Waals surface area contributed by atoms with Crippen molar-refractivity contribution in [3.8, 4) is 11.3 Å². The van der Waals surface area contributed by atoms with Crippen LogP contribution in [0.5, 0.6) is 0 Å². The Morgan fingerprint density at radius 3 is 2.86 bits per heavy atom. The summed E-state index contributed by atoms with van der Waals surface area (Å²) < 4.78 is 1.54. The lowest BCUT2D eigenvalue weighted by Crippen LogP contribution is -2.47. The van der Waals surface area contributed by atoms with Crippen LogP contribution in [0.2, 0.25) is 0 Å². The van der Waals surface area contributed by atoms with E-state index in [0.29, 0.717) is 11.3 Å². The first-order chi connectivity index (χ1) is 13.4. The van der Waals surface area contributed by atoms with Crippen LogP contribution >= 0.6 is 0 Å². The van der Waals surface area contributed by atoms with Crippen molar-refractivity contribution < 1.29 is 9.90 Å². The highest BCUT2D eigenvalue weighted by atomic mass is 16.3. The molecule has 0 atom stereocenters. The maximum absolute atomic E-state index is 12.2. The van der Waals surface area contributed by atoms with E-state index in [0.717, 1.165) is 27.5 Å². The fraction of sp³-hybridized carbons (Fsp3) is 0.263. The topological polar surface area (TPSA) is 135 Å². The molecule has 0 saturated heterocycles. The monoisotopic (exact) mass is 379 g/mol. The predicted octanol–water partition coefficient (Wildman–Crippen LogP) is 1.44. The van der Waals surface area contributed by atoms with Gasteiger partial charge in [-0.2, -0.15) is 10.2 Å². The maximum Gasteiger partial charge on any atom is 0.242 e. The van der Waals surface area contributed by atoms with E-state index in [9.17, 15) is 9.90 Å². The Labute approximate surface area is 160 Å². The number of anilines is 1. The molecule has 0 bridgehead atoms. The molecule has 9 heteroatoms. The number of aliphatic hydroxyl groups excluding tert-OH is 1. The molecule has 0 aliphatic rings. The number of aromatic nitrogens is 5. The number of hydrogen-bond acceptors (Lipinski definition) is 6. The zero-order valence-corrected chi connectivity index (χ0v) is 15.6. The number of pyridine rings is 1. The molecule has 144 valence electrons. The van der Waals surface area contributed by atoms with Gasteiger partial charge in [-0.3, -0.25) is 14.6 Å². The SMILES string of the molecule is CC(C)(CO)NC(=O)Cn1cc2c(n1)c(N)nc1cc(-c3ccn[nH]3)ccc12. The molecule has 4 aromatic rings. The summed E-state index contributed by atoms with van der Waals surface area (Å²) in [4.78, 5) is 16.7. The standard InChI is InChI=1S/C19H21N7O2/c1-19(2,10-27)23-16(28)9-26-8-13-12-4-3-11(14-5-6-21-24-14)7-15(12)22-18(20)17(13)25-26/h3-8,27H,9-10H2,1-2H3,(H2,20,22)(H,21,24)(H,23,28).